The quantitative estimate of drug-likeness (QED) is 0.507. The Labute approximate surface area is 181 Å². The number of halogens is 1. The fourth-order valence-electron chi connectivity index (χ4n) is 5.99. The van der Waals surface area contributed by atoms with Crippen molar-refractivity contribution < 1.29 is 9.13 Å². The van der Waals surface area contributed by atoms with E-state index in [4.69, 9.17) is 4.74 Å². The standard InChI is InChI=1S/C23H42FN5O/c1-14(2)29-9-5-6-16(7-10-29)20-21(24)18(13-17-8-11-30-22(17)20)27-23-26-15(3)12-19(25-4)28-23/h7,14-15,17-23,25-28H,5-6,8-13H2,1-4H3. The molecule has 3 heterocycles. The Bertz CT molecular complexity index is 602. The third kappa shape index (κ3) is 4.92. The summed E-state index contributed by atoms with van der Waals surface area (Å²) in [5.74, 6) is 0.336. The molecule has 1 saturated carbocycles. The minimum atomic E-state index is -0.921. The maximum atomic E-state index is 16.1. The Morgan fingerprint density at radius 3 is 2.87 bits per heavy atom. The number of hydrogen-bond donors (Lipinski definition) is 4. The van der Waals surface area contributed by atoms with Gasteiger partial charge in [0.15, 0.2) is 0 Å². The van der Waals surface area contributed by atoms with Crippen molar-refractivity contribution in [3.63, 3.8) is 0 Å². The van der Waals surface area contributed by atoms with Gasteiger partial charge < -0.3 is 10.1 Å². The lowest BCUT2D eigenvalue weighted by Crippen LogP contribution is -2.69. The van der Waals surface area contributed by atoms with E-state index in [1.165, 1.54) is 5.57 Å². The Morgan fingerprint density at radius 2 is 2.10 bits per heavy atom. The van der Waals surface area contributed by atoms with Gasteiger partial charge in [-0.2, -0.15) is 0 Å². The summed E-state index contributed by atoms with van der Waals surface area (Å²) in [5.41, 5.74) is 1.29. The molecule has 8 atom stereocenters. The summed E-state index contributed by atoms with van der Waals surface area (Å²) in [5, 5.41) is 14.0. The van der Waals surface area contributed by atoms with Crippen molar-refractivity contribution in [3.8, 4) is 0 Å². The third-order valence-electron chi connectivity index (χ3n) is 7.70. The molecular formula is C23H42FN5O. The Morgan fingerprint density at radius 1 is 1.27 bits per heavy atom. The van der Waals surface area contributed by atoms with Gasteiger partial charge in [-0.05, 0) is 72.4 Å². The van der Waals surface area contributed by atoms with Crippen LogP contribution in [0.25, 0.3) is 0 Å². The number of ether oxygens (including phenoxy) is 1. The molecule has 1 aliphatic carbocycles. The van der Waals surface area contributed by atoms with E-state index in [1.807, 2.05) is 7.05 Å². The molecule has 6 nitrogen and oxygen atoms in total. The molecule has 7 heteroatoms. The van der Waals surface area contributed by atoms with Gasteiger partial charge in [0, 0.05) is 37.2 Å². The largest absolute Gasteiger partial charge is 0.377 e. The van der Waals surface area contributed by atoms with Crippen molar-refractivity contribution in [2.75, 3.05) is 26.7 Å². The van der Waals surface area contributed by atoms with E-state index in [1.54, 1.807) is 0 Å². The van der Waals surface area contributed by atoms with Crippen molar-refractivity contribution in [3.05, 3.63) is 11.6 Å². The molecule has 4 rings (SSSR count). The first-order valence-corrected chi connectivity index (χ1v) is 12.1. The van der Waals surface area contributed by atoms with E-state index < -0.39 is 6.17 Å². The zero-order valence-electron chi connectivity index (χ0n) is 19.2. The van der Waals surface area contributed by atoms with Crippen molar-refractivity contribution >= 4 is 0 Å². The molecule has 4 N–H and O–H groups in total. The lowest BCUT2D eigenvalue weighted by atomic mass is 9.71. The average molecular weight is 424 g/mol. The highest BCUT2D eigenvalue weighted by molar-refractivity contribution is 5.18. The molecule has 0 bridgehead atoms. The van der Waals surface area contributed by atoms with Crippen LogP contribution in [0.5, 0.6) is 0 Å². The van der Waals surface area contributed by atoms with Gasteiger partial charge in [-0.3, -0.25) is 20.9 Å². The summed E-state index contributed by atoms with van der Waals surface area (Å²) in [6.45, 7) is 9.48. The molecule has 0 aromatic carbocycles. The van der Waals surface area contributed by atoms with Crippen LogP contribution in [0.15, 0.2) is 11.6 Å². The highest BCUT2D eigenvalue weighted by Crippen LogP contribution is 2.44. The molecule has 0 amide bonds. The minimum absolute atomic E-state index is 0.0474. The summed E-state index contributed by atoms with van der Waals surface area (Å²) in [6, 6.07) is 0.757. The molecule has 8 unspecified atom stereocenters. The van der Waals surface area contributed by atoms with Crippen LogP contribution in [0, 0.1) is 11.8 Å². The van der Waals surface area contributed by atoms with Gasteiger partial charge in [0.25, 0.3) is 0 Å². The first-order valence-electron chi connectivity index (χ1n) is 12.1. The molecule has 0 aromatic heterocycles. The van der Waals surface area contributed by atoms with Gasteiger partial charge in [-0.1, -0.05) is 11.6 Å². The first-order chi connectivity index (χ1) is 14.5. The Balaban J connectivity index is 1.49. The van der Waals surface area contributed by atoms with E-state index in [0.29, 0.717) is 18.0 Å². The Kier molecular flexibility index (Phi) is 7.48. The number of hydrogen-bond acceptors (Lipinski definition) is 6. The smallest absolute Gasteiger partial charge is 0.124 e. The number of rotatable bonds is 5. The predicted molar refractivity (Wildman–Crippen MR) is 119 cm³/mol. The molecule has 0 radical (unpaired) electrons. The second-order valence-corrected chi connectivity index (χ2v) is 10.1. The molecule has 3 aliphatic heterocycles. The molecule has 4 aliphatic rings. The topological polar surface area (TPSA) is 60.6 Å². The lowest BCUT2D eigenvalue weighted by Gasteiger charge is -2.45. The zero-order chi connectivity index (χ0) is 21.3. The highest BCUT2D eigenvalue weighted by atomic mass is 19.1. The van der Waals surface area contributed by atoms with Crippen LogP contribution in [-0.4, -0.2) is 74.5 Å². The normalized spacial score (nSPS) is 43.3. The second-order valence-electron chi connectivity index (χ2n) is 10.1. The van der Waals surface area contributed by atoms with Crippen LogP contribution < -0.4 is 21.3 Å². The monoisotopic (exact) mass is 423 g/mol. The average Bonchev–Trinajstić information content (AvgIpc) is 3.02. The number of fused-ring (bicyclic) bond motifs is 1. The minimum Gasteiger partial charge on any atom is -0.377 e. The van der Waals surface area contributed by atoms with Gasteiger partial charge in [0.2, 0.25) is 0 Å². The summed E-state index contributed by atoms with van der Waals surface area (Å²) in [6.07, 6.45) is 6.63. The van der Waals surface area contributed by atoms with Crippen LogP contribution in [0.3, 0.4) is 0 Å². The SMILES string of the molecule is CNC1CC(C)NC(NC2CC3CCOC3C(C3=CCN(C(C)C)CCC3)C2F)N1. The number of nitrogens with zero attached hydrogens (tertiary/aromatic N) is 1. The van der Waals surface area contributed by atoms with Gasteiger partial charge in [-0.25, -0.2) is 4.39 Å². The molecule has 3 fully saturated rings. The van der Waals surface area contributed by atoms with Crippen molar-refractivity contribution in [1.82, 2.24) is 26.2 Å². The van der Waals surface area contributed by atoms with Gasteiger partial charge in [-0.15, -0.1) is 0 Å². The van der Waals surface area contributed by atoms with Crippen molar-refractivity contribution in [2.24, 2.45) is 11.8 Å². The fourth-order valence-corrected chi connectivity index (χ4v) is 5.99. The van der Waals surface area contributed by atoms with E-state index in [2.05, 4.69) is 53.0 Å². The lowest BCUT2D eigenvalue weighted by molar-refractivity contribution is -0.0262. The fraction of sp³-hybridized carbons (Fsp3) is 0.913. The van der Waals surface area contributed by atoms with Gasteiger partial charge >= 0.3 is 0 Å². The van der Waals surface area contributed by atoms with Crippen LogP contribution >= 0.6 is 0 Å². The van der Waals surface area contributed by atoms with Crippen molar-refractivity contribution in [1.29, 1.82) is 0 Å². The zero-order valence-corrected chi connectivity index (χ0v) is 19.2. The summed E-state index contributed by atoms with van der Waals surface area (Å²) in [4.78, 5) is 2.49. The molecular weight excluding hydrogens is 381 g/mol. The molecule has 30 heavy (non-hydrogen) atoms. The van der Waals surface area contributed by atoms with E-state index >= 15 is 4.39 Å². The van der Waals surface area contributed by atoms with Gasteiger partial charge in [0.1, 0.15) is 12.5 Å². The summed E-state index contributed by atoms with van der Waals surface area (Å²) >= 11 is 0. The maximum Gasteiger partial charge on any atom is 0.124 e. The summed E-state index contributed by atoms with van der Waals surface area (Å²) in [7, 11) is 1.97. The number of alkyl halides is 1. The van der Waals surface area contributed by atoms with Crippen LogP contribution in [0.2, 0.25) is 0 Å². The third-order valence-corrected chi connectivity index (χ3v) is 7.70. The summed E-state index contributed by atoms with van der Waals surface area (Å²) < 4.78 is 22.2. The van der Waals surface area contributed by atoms with Crippen LogP contribution in [0.4, 0.5) is 4.39 Å². The molecule has 2 saturated heterocycles. The van der Waals surface area contributed by atoms with E-state index in [-0.39, 0.29) is 30.5 Å². The molecule has 0 aromatic rings. The predicted octanol–water partition coefficient (Wildman–Crippen LogP) is 1.94. The van der Waals surface area contributed by atoms with E-state index in [9.17, 15) is 0 Å². The van der Waals surface area contributed by atoms with Gasteiger partial charge in [0.05, 0.1) is 12.3 Å². The maximum absolute atomic E-state index is 16.1. The second kappa shape index (κ2) is 9.92. The van der Waals surface area contributed by atoms with Crippen molar-refractivity contribution in [2.45, 2.75) is 95.7 Å². The number of nitrogens with one attached hydrogen (secondary N) is 4. The Hall–Kier alpha value is -0.570. The van der Waals surface area contributed by atoms with Crippen LogP contribution in [-0.2, 0) is 4.74 Å². The molecule has 0 spiro atoms. The highest BCUT2D eigenvalue weighted by Gasteiger charge is 2.49. The first kappa shape index (κ1) is 22.6. The molecule has 172 valence electrons. The van der Waals surface area contributed by atoms with Crippen LogP contribution in [0.1, 0.15) is 52.9 Å². The van der Waals surface area contributed by atoms with E-state index in [0.717, 1.165) is 51.8 Å².